The van der Waals surface area contributed by atoms with E-state index in [1.807, 2.05) is 37.2 Å². The molecule has 0 N–H and O–H groups in total. The number of rotatable bonds is 3. The molecule has 72 valence electrons. The summed E-state index contributed by atoms with van der Waals surface area (Å²) >= 11 is 0. The van der Waals surface area contributed by atoms with Crippen molar-refractivity contribution in [3.8, 4) is 6.07 Å². The summed E-state index contributed by atoms with van der Waals surface area (Å²) in [6.07, 6.45) is -0.0646. The van der Waals surface area contributed by atoms with E-state index in [1.165, 1.54) is 0 Å². The molecule has 0 aliphatic rings. The van der Waals surface area contributed by atoms with Crippen LogP contribution >= 0.6 is 0 Å². The number of benzene rings is 1. The molecule has 0 aromatic heterocycles. The van der Waals surface area contributed by atoms with Crippen molar-refractivity contribution in [2.45, 2.75) is 6.42 Å². The summed E-state index contributed by atoms with van der Waals surface area (Å²) in [7, 11) is 3.75. The summed E-state index contributed by atoms with van der Waals surface area (Å²) in [4.78, 5) is 13.4. The van der Waals surface area contributed by atoms with Crippen molar-refractivity contribution in [3.63, 3.8) is 0 Å². The molecule has 0 amide bonds. The number of nitriles is 1. The largest absolute Gasteiger partial charge is 0.377 e. The Hall–Kier alpha value is -1.82. The van der Waals surface area contributed by atoms with Crippen LogP contribution in [0, 0.1) is 11.3 Å². The minimum Gasteiger partial charge on any atom is -0.377 e. The number of carbonyl (C=O) groups is 1. The summed E-state index contributed by atoms with van der Waals surface area (Å²) in [5.74, 6) is -0.128. The minimum atomic E-state index is -0.128. The topological polar surface area (TPSA) is 44.1 Å². The lowest BCUT2D eigenvalue weighted by molar-refractivity contribution is 0.0998. The Morgan fingerprint density at radius 2 is 2.07 bits per heavy atom. The molecule has 0 bridgehead atoms. The molecule has 1 rings (SSSR count). The highest BCUT2D eigenvalue weighted by Gasteiger charge is 2.10. The Balaban J connectivity index is 3.08. The summed E-state index contributed by atoms with van der Waals surface area (Å²) in [5.41, 5.74) is 1.46. The van der Waals surface area contributed by atoms with E-state index in [2.05, 4.69) is 0 Å². The fourth-order valence-electron chi connectivity index (χ4n) is 1.27. The molecule has 14 heavy (non-hydrogen) atoms. The predicted molar refractivity (Wildman–Crippen MR) is 55.3 cm³/mol. The van der Waals surface area contributed by atoms with E-state index in [0.29, 0.717) is 5.56 Å². The van der Waals surface area contributed by atoms with Gasteiger partial charge in [-0.25, -0.2) is 0 Å². The molecule has 3 nitrogen and oxygen atoms in total. The van der Waals surface area contributed by atoms with Gasteiger partial charge in [0, 0.05) is 25.3 Å². The van der Waals surface area contributed by atoms with Crippen molar-refractivity contribution >= 4 is 11.5 Å². The van der Waals surface area contributed by atoms with Crippen LogP contribution in [-0.4, -0.2) is 19.9 Å². The fraction of sp³-hybridized carbons (Fsp3) is 0.273. The summed E-state index contributed by atoms with van der Waals surface area (Å²) in [6.45, 7) is 0. The van der Waals surface area contributed by atoms with Gasteiger partial charge in [-0.2, -0.15) is 5.26 Å². The van der Waals surface area contributed by atoms with Crippen LogP contribution in [0.25, 0.3) is 0 Å². The average molecular weight is 188 g/mol. The van der Waals surface area contributed by atoms with Crippen LogP contribution in [0.2, 0.25) is 0 Å². The number of para-hydroxylation sites is 1. The van der Waals surface area contributed by atoms with Crippen molar-refractivity contribution in [1.29, 1.82) is 5.26 Å². The molecule has 0 unspecified atom stereocenters. The van der Waals surface area contributed by atoms with Crippen molar-refractivity contribution in [1.82, 2.24) is 0 Å². The molecule has 0 fully saturated rings. The van der Waals surface area contributed by atoms with Gasteiger partial charge in [0.15, 0.2) is 5.78 Å². The van der Waals surface area contributed by atoms with Crippen LogP contribution in [0.4, 0.5) is 5.69 Å². The van der Waals surface area contributed by atoms with Gasteiger partial charge in [-0.3, -0.25) is 4.79 Å². The molecule has 3 heteroatoms. The number of hydrogen-bond donors (Lipinski definition) is 0. The molecular formula is C11H12N2O. The lowest BCUT2D eigenvalue weighted by Crippen LogP contribution is -2.13. The quantitative estimate of drug-likeness (QED) is 0.680. The van der Waals surface area contributed by atoms with E-state index >= 15 is 0 Å². The van der Waals surface area contributed by atoms with Crippen LogP contribution in [0.3, 0.4) is 0 Å². The highest BCUT2D eigenvalue weighted by atomic mass is 16.1. The summed E-state index contributed by atoms with van der Waals surface area (Å²) in [5, 5.41) is 8.44. The van der Waals surface area contributed by atoms with Crippen LogP contribution in [0.1, 0.15) is 16.8 Å². The Morgan fingerprint density at radius 1 is 1.43 bits per heavy atom. The van der Waals surface area contributed by atoms with Crippen LogP contribution in [0.5, 0.6) is 0 Å². The first-order valence-electron chi connectivity index (χ1n) is 4.33. The second-order valence-electron chi connectivity index (χ2n) is 3.17. The lowest BCUT2D eigenvalue weighted by atomic mass is 10.1. The van der Waals surface area contributed by atoms with E-state index < -0.39 is 0 Å². The lowest BCUT2D eigenvalue weighted by Gasteiger charge is -2.15. The van der Waals surface area contributed by atoms with Gasteiger partial charge in [-0.15, -0.1) is 0 Å². The number of carbonyl (C=O) groups excluding carboxylic acids is 1. The molecule has 0 saturated heterocycles. The van der Waals surface area contributed by atoms with E-state index in [4.69, 9.17) is 5.26 Å². The van der Waals surface area contributed by atoms with Crippen LogP contribution in [-0.2, 0) is 0 Å². The molecule has 0 aliphatic heterocycles. The van der Waals surface area contributed by atoms with Gasteiger partial charge in [0.1, 0.15) is 0 Å². The maximum Gasteiger partial charge on any atom is 0.178 e. The van der Waals surface area contributed by atoms with E-state index in [-0.39, 0.29) is 12.2 Å². The number of Topliss-reactive ketones (excluding diaryl/α,β-unsaturated/α-hetero) is 1. The molecule has 0 saturated carbocycles. The van der Waals surface area contributed by atoms with Gasteiger partial charge in [0.05, 0.1) is 12.5 Å². The Bertz CT molecular complexity index is 377. The Morgan fingerprint density at radius 3 is 2.64 bits per heavy atom. The van der Waals surface area contributed by atoms with Gasteiger partial charge in [0.2, 0.25) is 0 Å². The third-order valence-corrected chi connectivity index (χ3v) is 1.93. The normalized spacial score (nSPS) is 9.21. The first kappa shape index (κ1) is 10.3. The highest BCUT2D eigenvalue weighted by molar-refractivity contribution is 6.02. The van der Waals surface area contributed by atoms with E-state index in [1.54, 1.807) is 12.1 Å². The van der Waals surface area contributed by atoms with Gasteiger partial charge < -0.3 is 4.90 Å². The first-order valence-corrected chi connectivity index (χ1v) is 4.33. The molecule has 0 radical (unpaired) electrons. The smallest absolute Gasteiger partial charge is 0.178 e. The first-order chi connectivity index (χ1) is 6.66. The molecule has 1 aromatic carbocycles. The maximum absolute atomic E-state index is 11.5. The standard InChI is InChI=1S/C11H12N2O/c1-13(2)10-6-4-3-5-9(10)11(14)7-8-12/h3-6H,7H2,1-2H3. The fourth-order valence-corrected chi connectivity index (χ4v) is 1.27. The van der Waals surface area contributed by atoms with E-state index in [0.717, 1.165) is 5.69 Å². The molecule has 0 heterocycles. The zero-order valence-corrected chi connectivity index (χ0v) is 8.32. The van der Waals surface area contributed by atoms with Crippen LogP contribution in [0.15, 0.2) is 24.3 Å². The molecule has 1 aromatic rings. The molecule has 0 spiro atoms. The second-order valence-corrected chi connectivity index (χ2v) is 3.17. The van der Waals surface area contributed by atoms with Gasteiger partial charge >= 0.3 is 0 Å². The maximum atomic E-state index is 11.5. The number of nitrogens with zero attached hydrogens (tertiary/aromatic N) is 2. The summed E-state index contributed by atoms with van der Waals surface area (Å²) in [6, 6.07) is 9.15. The average Bonchev–Trinajstić information content (AvgIpc) is 2.18. The Kier molecular flexibility index (Phi) is 3.24. The SMILES string of the molecule is CN(C)c1ccccc1C(=O)CC#N. The second kappa shape index (κ2) is 4.43. The van der Waals surface area contributed by atoms with Crippen molar-refractivity contribution < 1.29 is 4.79 Å². The van der Waals surface area contributed by atoms with Gasteiger partial charge in [0.25, 0.3) is 0 Å². The number of ketones is 1. The minimum absolute atomic E-state index is 0.0646. The van der Waals surface area contributed by atoms with Crippen molar-refractivity contribution in [3.05, 3.63) is 29.8 Å². The van der Waals surface area contributed by atoms with Gasteiger partial charge in [-0.05, 0) is 12.1 Å². The predicted octanol–water partition coefficient (Wildman–Crippen LogP) is 1.85. The van der Waals surface area contributed by atoms with Crippen LogP contribution < -0.4 is 4.90 Å². The van der Waals surface area contributed by atoms with E-state index in [9.17, 15) is 4.79 Å². The molecule has 0 aliphatic carbocycles. The summed E-state index contributed by atoms with van der Waals surface area (Å²) < 4.78 is 0. The molecular weight excluding hydrogens is 176 g/mol. The zero-order valence-electron chi connectivity index (χ0n) is 8.32. The van der Waals surface area contributed by atoms with Crippen molar-refractivity contribution in [2.75, 3.05) is 19.0 Å². The molecule has 0 atom stereocenters. The third-order valence-electron chi connectivity index (χ3n) is 1.93. The van der Waals surface area contributed by atoms with Crippen molar-refractivity contribution in [2.24, 2.45) is 0 Å². The zero-order chi connectivity index (χ0) is 10.6. The van der Waals surface area contributed by atoms with Gasteiger partial charge in [-0.1, -0.05) is 12.1 Å². The number of hydrogen-bond acceptors (Lipinski definition) is 3. The highest BCUT2D eigenvalue weighted by Crippen LogP contribution is 2.19. The Labute approximate surface area is 83.6 Å². The monoisotopic (exact) mass is 188 g/mol. The number of anilines is 1. The third kappa shape index (κ3) is 2.11.